The Labute approximate surface area is 158 Å². The quantitative estimate of drug-likeness (QED) is 0.690. The van der Waals surface area contributed by atoms with E-state index >= 15 is 0 Å². The van der Waals surface area contributed by atoms with Crippen molar-refractivity contribution in [3.05, 3.63) is 71.6 Å². The second-order valence-electron chi connectivity index (χ2n) is 6.84. The Morgan fingerprint density at radius 1 is 1.22 bits per heavy atom. The summed E-state index contributed by atoms with van der Waals surface area (Å²) < 4.78 is 9.32. The molecule has 3 aromatic rings. The molecule has 27 heavy (non-hydrogen) atoms. The number of ether oxygens (including phenoxy) is 1. The molecule has 0 bridgehead atoms. The van der Waals surface area contributed by atoms with Crippen LogP contribution in [0.1, 0.15) is 28.9 Å². The van der Waals surface area contributed by atoms with E-state index in [1.807, 2.05) is 53.5 Å². The van der Waals surface area contributed by atoms with Crippen molar-refractivity contribution in [2.24, 2.45) is 0 Å². The highest BCUT2D eigenvalue weighted by Crippen LogP contribution is 2.24. The number of aromatic nitrogens is 4. The zero-order chi connectivity index (χ0) is 18.6. The minimum Gasteiger partial charge on any atom is -0.383 e. The SMILES string of the molecule is COCCn1ccnc1CN1CCn2nc([C@H](O)c3ccccc3)cc2C1. The molecule has 1 aromatic carbocycles. The third kappa shape index (κ3) is 3.95. The molecule has 3 heterocycles. The minimum atomic E-state index is -0.689. The molecule has 7 nitrogen and oxygen atoms in total. The van der Waals surface area contributed by atoms with E-state index in [9.17, 15) is 5.11 Å². The first-order chi connectivity index (χ1) is 13.2. The third-order valence-electron chi connectivity index (χ3n) is 4.99. The molecule has 1 aliphatic rings. The number of hydrogen-bond acceptors (Lipinski definition) is 5. The molecule has 4 rings (SSSR count). The van der Waals surface area contributed by atoms with Gasteiger partial charge in [0, 0.05) is 39.1 Å². The van der Waals surface area contributed by atoms with Crippen LogP contribution in [0.2, 0.25) is 0 Å². The van der Waals surface area contributed by atoms with Gasteiger partial charge in [0.1, 0.15) is 11.9 Å². The lowest BCUT2D eigenvalue weighted by Crippen LogP contribution is -2.34. The van der Waals surface area contributed by atoms with E-state index in [-0.39, 0.29) is 0 Å². The largest absolute Gasteiger partial charge is 0.383 e. The van der Waals surface area contributed by atoms with Crippen LogP contribution in [0.25, 0.3) is 0 Å². The molecule has 142 valence electrons. The predicted molar refractivity (Wildman–Crippen MR) is 101 cm³/mol. The topological polar surface area (TPSA) is 68.3 Å². The van der Waals surface area contributed by atoms with E-state index in [0.29, 0.717) is 12.3 Å². The van der Waals surface area contributed by atoms with Gasteiger partial charge in [0.05, 0.1) is 31.1 Å². The van der Waals surface area contributed by atoms with E-state index in [4.69, 9.17) is 4.74 Å². The van der Waals surface area contributed by atoms with E-state index in [2.05, 4.69) is 19.5 Å². The van der Waals surface area contributed by atoms with Crippen LogP contribution < -0.4 is 0 Å². The van der Waals surface area contributed by atoms with Crippen LogP contribution in [0.15, 0.2) is 48.8 Å². The Kier molecular flexibility index (Phi) is 5.33. The minimum absolute atomic E-state index is 0.677. The second-order valence-corrected chi connectivity index (χ2v) is 6.84. The molecule has 0 spiro atoms. The molecule has 1 N–H and O–H groups in total. The van der Waals surface area contributed by atoms with Crippen LogP contribution in [-0.4, -0.2) is 49.6 Å². The molecule has 0 amide bonds. The van der Waals surface area contributed by atoms with Crippen LogP contribution in [0, 0.1) is 0 Å². The Hall–Kier alpha value is -2.48. The van der Waals surface area contributed by atoms with Gasteiger partial charge >= 0.3 is 0 Å². The van der Waals surface area contributed by atoms with E-state index in [1.165, 1.54) is 0 Å². The molecule has 7 heteroatoms. The fraction of sp³-hybridized carbons (Fsp3) is 0.400. The molecule has 1 atom stereocenters. The van der Waals surface area contributed by atoms with Gasteiger partial charge in [0.25, 0.3) is 0 Å². The summed E-state index contributed by atoms with van der Waals surface area (Å²) in [5.41, 5.74) is 2.70. The molecule has 0 fully saturated rings. The highest BCUT2D eigenvalue weighted by molar-refractivity contribution is 5.26. The van der Waals surface area contributed by atoms with Gasteiger partial charge in [-0.15, -0.1) is 0 Å². The van der Waals surface area contributed by atoms with Crippen LogP contribution in [0.5, 0.6) is 0 Å². The lowest BCUT2D eigenvalue weighted by atomic mass is 10.1. The van der Waals surface area contributed by atoms with Crippen molar-refractivity contribution < 1.29 is 9.84 Å². The maximum Gasteiger partial charge on any atom is 0.123 e. The van der Waals surface area contributed by atoms with Crippen molar-refractivity contribution in [2.45, 2.75) is 32.3 Å². The van der Waals surface area contributed by atoms with Gasteiger partial charge in [-0.05, 0) is 11.6 Å². The number of methoxy groups -OCH3 is 1. The van der Waals surface area contributed by atoms with Crippen LogP contribution in [0.3, 0.4) is 0 Å². The Bertz CT molecular complexity index is 874. The van der Waals surface area contributed by atoms with Crippen molar-refractivity contribution in [1.82, 2.24) is 24.2 Å². The predicted octanol–water partition coefficient (Wildman–Crippen LogP) is 1.82. The van der Waals surface area contributed by atoms with E-state index < -0.39 is 6.10 Å². The molecular weight excluding hydrogens is 342 g/mol. The fourth-order valence-electron chi connectivity index (χ4n) is 3.50. The molecule has 0 saturated carbocycles. The first-order valence-corrected chi connectivity index (χ1v) is 9.25. The summed E-state index contributed by atoms with van der Waals surface area (Å²) in [4.78, 5) is 6.86. The maximum atomic E-state index is 10.6. The molecule has 0 saturated heterocycles. The number of aliphatic hydroxyl groups excluding tert-OH is 1. The molecule has 2 aromatic heterocycles. The normalized spacial score (nSPS) is 15.6. The monoisotopic (exact) mass is 367 g/mol. The standard InChI is InChI=1S/C20H25N5O2/c1-27-12-11-24-8-7-21-19(24)15-23-9-10-25-17(14-23)13-18(22-25)20(26)16-5-3-2-4-6-16/h2-8,13,20,26H,9-12,14-15H2,1H3/t20-/m1/s1. The summed E-state index contributed by atoms with van der Waals surface area (Å²) in [6.45, 7) is 4.80. The van der Waals surface area contributed by atoms with Gasteiger partial charge in [0.2, 0.25) is 0 Å². The van der Waals surface area contributed by atoms with Gasteiger partial charge in [-0.3, -0.25) is 9.58 Å². The van der Waals surface area contributed by atoms with Gasteiger partial charge in [0.15, 0.2) is 0 Å². The molecule has 0 aliphatic carbocycles. The number of imidazole rings is 1. The van der Waals surface area contributed by atoms with E-state index in [1.54, 1.807) is 7.11 Å². The van der Waals surface area contributed by atoms with Gasteiger partial charge in [-0.1, -0.05) is 30.3 Å². The summed E-state index contributed by atoms with van der Waals surface area (Å²) in [6.07, 6.45) is 3.15. The molecular formula is C20H25N5O2. The number of benzene rings is 1. The first kappa shape index (κ1) is 17.9. The summed E-state index contributed by atoms with van der Waals surface area (Å²) in [5.74, 6) is 1.05. The maximum absolute atomic E-state index is 10.6. The van der Waals surface area contributed by atoms with Crippen LogP contribution in [-0.2, 0) is 30.9 Å². The Balaban J connectivity index is 1.45. The highest BCUT2D eigenvalue weighted by Gasteiger charge is 2.22. The number of hydrogen-bond donors (Lipinski definition) is 1. The zero-order valence-corrected chi connectivity index (χ0v) is 15.5. The van der Waals surface area contributed by atoms with Crippen molar-refractivity contribution in [3.8, 4) is 0 Å². The van der Waals surface area contributed by atoms with E-state index in [0.717, 1.165) is 49.8 Å². The lowest BCUT2D eigenvalue weighted by molar-refractivity contribution is 0.177. The average Bonchev–Trinajstić information content (AvgIpc) is 3.32. The van der Waals surface area contributed by atoms with Gasteiger partial charge < -0.3 is 14.4 Å². The van der Waals surface area contributed by atoms with Crippen molar-refractivity contribution in [2.75, 3.05) is 20.3 Å². The fourth-order valence-corrected chi connectivity index (χ4v) is 3.50. The summed E-state index contributed by atoms with van der Waals surface area (Å²) in [5, 5.41) is 15.2. The highest BCUT2D eigenvalue weighted by atomic mass is 16.5. The van der Waals surface area contributed by atoms with Gasteiger partial charge in [-0.25, -0.2) is 4.98 Å². The van der Waals surface area contributed by atoms with Crippen LogP contribution in [0.4, 0.5) is 0 Å². The number of fused-ring (bicyclic) bond motifs is 1. The Morgan fingerprint density at radius 3 is 2.89 bits per heavy atom. The summed E-state index contributed by atoms with van der Waals surface area (Å²) in [6, 6.07) is 11.7. The van der Waals surface area contributed by atoms with Crippen LogP contribution >= 0.6 is 0 Å². The molecule has 0 unspecified atom stereocenters. The number of rotatable bonds is 7. The van der Waals surface area contributed by atoms with Gasteiger partial charge in [-0.2, -0.15) is 5.10 Å². The van der Waals surface area contributed by atoms with Crippen molar-refractivity contribution in [1.29, 1.82) is 0 Å². The third-order valence-corrected chi connectivity index (χ3v) is 4.99. The summed E-state index contributed by atoms with van der Waals surface area (Å²) in [7, 11) is 1.71. The smallest absolute Gasteiger partial charge is 0.123 e. The molecule has 1 aliphatic heterocycles. The lowest BCUT2D eigenvalue weighted by Gasteiger charge is -2.27. The Morgan fingerprint density at radius 2 is 2.07 bits per heavy atom. The zero-order valence-electron chi connectivity index (χ0n) is 15.5. The first-order valence-electron chi connectivity index (χ1n) is 9.25. The second kappa shape index (κ2) is 8.04. The summed E-state index contributed by atoms with van der Waals surface area (Å²) >= 11 is 0. The van der Waals surface area contributed by atoms with Crippen molar-refractivity contribution in [3.63, 3.8) is 0 Å². The number of nitrogens with zero attached hydrogens (tertiary/aromatic N) is 5. The molecule has 0 radical (unpaired) electrons. The average molecular weight is 367 g/mol. The number of aliphatic hydroxyl groups is 1. The van der Waals surface area contributed by atoms with Crippen molar-refractivity contribution >= 4 is 0 Å².